The first-order valence-corrected chi connectivity index (χ1v) is 7.11. The zero-order valence-corrected chi connectivity index (χ0v) is 11.6. The van der Waals surface area contributed by atoms with Crippen LogP contribution in [0.25, 0.3) is 0 Å². The smallest absolute Gasteiger partial charge is 0.0716 e. The van der Waals surface area contributed by atoms with E-state index >= 15 is 0 Å². The molecule has 2 atom stereocenters. The summed E-state index contributed by atoms with van der Waals surface area (Å²) < 4.78 is 5.56. The molecule has 0 bridgehead atoms. The predicted molar refractivity (Wildman–Crippen MR) is 74.7 cm³/mol. The van der Waals surface area contributed by atoms with Crippen molar-refractivity contribution >= 4 is 0 Å². The Labute approximate surface area is 115 Å². The molecule has 1 aromatic rings. The molecule has 0 saturated heterocycles. The highest BCUT2D eigenvalue weighted by molar-refractivity contribution is 5.13. The predicted octanol–water partition coefficient (Wildman–Crippen LogP) is 2.51. The zero-order valence-electron chi connectivity index (χ0n) is 11.6. The lowest BCUT2D eigenvalue weighted by molar-refractivity contribution is 0.0257. The Balaban J connectivity index is 1.59. The van der Waals surface area contributed by atoms with Crippen LogP contribution in [0.1, 0.15) is 38.2 Å². The Hall–Kier alpha value is -0.900. The standard InChI is InChI=1S/C16H24O3/c1-13(11-16(18)8-9-16)15(17)7-10-19-12-14-5-3-2-4-6-14/h2-6,13,15,17-18H,7-12H2,1H3/t13-,15-/m0/s1. The fraction of sp³-hybridized carbons (Fsp3) is 0.625. The Bertz CT molecular complexity index is 373. The lowest BCUT2D eigenvalue weighted by atomic mass is 9.94. The summed E-state index contributed by atoms with van der Waals surface area (Å²) in [6, 6.07) is 10.0. The number of aliphatic hydroxyl groups is 2. The summed E-state index contributed by atoms with van der Waals surface area (Å²) in [4.78, 5) is 0. The van der Waals surface area contributed by atoms with Gasteiger partial charge in [-0.1, -0.05) is 37.3 Å². The highest BCUT2D eigenvalue weighted by Crippen LogP contribution is 2.41. The van der Waals surface area contributed by atoms with Gasteiger partial charge in [0, 0.05) is 6.61 Å². The summed E-state index contributed by atoms with van der Waals surface area (Å²) in [5.74, 6) is 0.132. The van der Waals surface area contributed by atoms with Crippen LogP contribution in [0.5, 0.6) is 0 Å². The van der Waals surface area contributed by atoms with E-state index < -0.39 is 5.60 Å². The molecule has 1 fully saturated rings. The van der Waals surface area contributed by atoms with E-state index in [1.54, 1.807) is 0 Å². The van der Waals surface area contributed by atoms with Crippen LogP contribution in [0.3, 0.4) is 0 Å². The molecule has 1 aromatic carbocycles. The van der Waals surface area contributed by atoms with Crippen molar-refractivity contribution in [2.24, 2.45) is 5.92 Å². The first-order chi connectivity index (χ1) is 9.09. The molecule has 1 saturated carbocycles. The van der Waals surface area contributed by atoms with E-state index in [0.717, 1.165) is 18.4 Å². The van der Waals surface area contributed by atoms with E-state index in [0.29, 0.717) is 26.1 Å². The van der Waals surface area contributed by atoms with Gasteiger partial charge in [0.05, 0.1) is 18.3 Å². The van der Waals surface area contributed by atoms with Crippen molar-refractivity contribution in [3.63, 3.8) is 0 Å². The van der Waals surface area contributed by atoms with Crippen LogP contribution in [0.2, 0.25) is 0 Å². The van der Waals surface area contributed by atoms with Crippen LogP contribution in [-0.4, -0.2) is 28.5 Å². The largest absolute Gasteiger partial charge is 0.393 e. The quantitative estimate of drug-likeness (QED) is 0.709. The molecule has 3 heteroatoms. The summed E-state index contributed by atoms with van der Waals surface area (Å²) in [6.07, 6.45) is 2.71. The normalized spacial score (nSPS) is 19.9. The van der Waals surface area contributed by atoms with E-state index in [1.807, 2.05) is 37.3 Å². The van der Waals surface area contributed by atoms with Gasteiger partial charge >= 0.3 is 0 Å². The molecule has 0 amide bonds. The maximum absolute atomic E-state index is 10.0. The monoisotopic (exact) mass is 264 g/mol. The van der Waals surface area contributed by atoms with Gasteiger partial charge in [-0.15, -0.1) is 0 Å². The van der Waals surface area contributed by atoms with Crippen molar-refractivity contribution in [2.75, 3.05) is 6.61 Å². The number of hydrogen-bond acceptors (Lipinski definition) is 3. The first-order valence-electron chi connectivity index (χ1n) is 7.11. The van der Waals surface area contributed by atoms with Crippen molar-refractivity contribution in [3.8, 4) is 0 Å². The maximum Gasteiger partial charge on any atom is 0.0716 e. The van der Waals surface area contributed by atoms with E-state index in [-0.39, 0.29) is 12.0 Å². The number of ether oxygens (including phenoxy) is 1. The molecule has 0 heterocycles. The lowest BCUT2D eigenvalue weighted by Crippen LogP contribution is -2.24. The van der Waals surface area contributed by atoms with Crippen LogP contribution in [-0.2, 0) is 11.3 Å². The highest BCUT2D eigenvalue weighted by atomic mass is 16.5. The fourth-order valence-corrected chi connectivity index (χ4v) is 2.34. The van der Waals surface area contributed by atoms with Crippen molar-refractivity contribution < 1.29 is 14.9 Å². The Morgan fingerprint density at radius 3 is 2.58 bits per heavy atom. The summed E-state index contributed by atoms with van der Waals surface area (Å²) in [5, 5.41) is 19.8. The van der Waals surface area contributed by atoms with E-state index in [1.165, 1.54) is 0 Å². The van der Waals surface area contributed by atoms with Gasteiger partial charge in [-0.2, -0.15) is 0 Å². The average Bonchev–Trinajstić information content (AvgIpc) is 3.13. The van der Waals surface area contributed by atoms with E-state index in [9.17, 15) is 10.2 Å². The Morgan fingerprint density at radius 1 is 1.26 bits per heavy atom. The van der Waals surface area contributed by atoms with Crippen LogP contribution in [0.15, 0.2) is 30.3 Å². The third-order valence-corrected chi connectivity index (χ3v) is 3.86. The summed E-state index contributed by atoms with van der Waals surface area (Å²) in [7, 11) is 0. The van der Waals surface area contributed by atoms with Crippen molar-refractivity contribution in [1.82, 2.24) is 0 Å². The van der Waals surface area contributed by atoms with Crippen LogP contribution < -0.4 is 0 Å². The second kappa shape index (κ2) is 6.51. The SMILES string of the molecule is C[C@@H](CC1(O)CC1)[C@@H](O)CCOCc1ccccc1. The third-order valence-electron chi connectivity index (χ3n) is 3.86. The van der Waals surface area contributed by atoms with Gasteiger partial charge in [-0.05, 0) is 37.2 Å². The molecule has 0 aliphatic heterocycles. The molecule has 0 spiro atoms. The topological polar surface area (TPSA) is 49.7 Å². The molecule has 0 unspecified atom stereocenters. The number of aliphatic hydroxyl groups excluding tert-OH is 1. The van der Waals surface area contributed by atoms with E-state index in [4.69, 9.17) is 4.74 Å². The number of benzene rings is 1. The van der Waals surface area contributed by atoms with Crippen LogP contribution in [0.4, 0.5) is 0 Å². The van der Waals surface area contributed by atoms with Crippen molar-refractivity contribution in [1.29, 1.82) is 0 Å². The zero-order chi connectivity index (χ0) is 13.7. The van der Waals surface area contributed by atoms with Gasteiger partial charge in [0.1, 0.15) is 0 Å². The van der Waals surface area contributed by atoms with Crippen LogP contribution in [0, 0.1) is 5.92 Å². The van der Waals surface area contributed by atoms with Gasteiger partial charge in [-0.25, -0.2) is 0 Å². The van der Waals surface area contributed by atoms with Gasteiger partial charge < -0.3 is 14.9 Å². The second-order valence-electron chi connectivity index (χ2n) is 5.80. The van der Waals surface area contributed by atoms with Gasteiger partial charge in [0.15, 0.2) is 0 Å². The number of hydrogen-bond donors (Lipinski definition) is 2. The van der Waals surface area contributed by atoms with Crippen molar-refractivity contribution in [2.45, 2.75) is 50.9 Å². The van der Waals surface area contributed by atoms with Gasteiger partial charge in [0.25, 0.3) is 0 Å². The molecule has 0 radical (unpaired) electrons. The average molecular weight is 264 g/mol. The highest BCUT2D eigenvalue weighted by Gasteiger charge is 2.42. The third kappa shape index (κ3) is 4.94. The Kier molecular flexibility index (Phi) is 4.97. The van der Waals surface area contributed by atoms with Crippen LogP contribution >= 0.6 is 0 Å². The van der Waals surface area contributed by atoms with Gasteiger partial charge in [-0.3, -0.25) is 0 Å². The minimum atomic E-state index is -0.481. The molecule has 19 heavy (non-hydrogen) atoms. The molecule has 106 valence electrons. The van der Waals surface area contributed by atoms with Gasteiger partial charge in [0.2, 0.25) is 0 Å². The molecular formula is C16H24O3. The first kappa shape index (κ1) is 14.5. The Morgan fingerprint density at radius 2 is 1.95 bits per heavy atom. The van der Waals surface area contributed by atoms with E-state index in [2.05, 4.69) is 0 Å². The summed E-state index contributed by atoms with van der Waals surface area (Å²) in [5.41, 5.74) is 0.669. The summed E-state index contributed by atoms with van der Waals surface area (Å²) >= 11 is 0. The number of rotatable bonds is 8. The fourth-order valence-electron chi connectivity index (χ4n) is 2.34. The molecule has 1 aliphatic carbocycles. The minimum Gasteiger partial charge on any atom is -0.393 e. The minimum absolute atomic E-state index is 0.132. The molecule has 2 N–H and O–H groups in total. The molecule has 0 aromatic heterocycles. The molecule has 1 aliphatic rings. The molecule has 3 nitrogen and oxygen atoms in total. The van der Waals surface area contributed by atoms with Crippen molar-refractivity contribution in [3.05, 3.63) is 35.9 Å². The summed E-state index contributed by atoms with van der Waals surface area (Å²) in [6.45, 7) is 3.14. The second-order valence-corrected chi connectivity index (χ2v) is 5.80. The molecular weight excluding hydrogens is 240 g/mol. The molecule has 2 rings (SSSR count). The lowest BCUT2D eigenvalue weighted by Gasteiger charge is -2.21. The maximum atomic E-state index is 10.0.